The maximum atomic E-state index is 13.4. The van der Waals surface area contributed by atoms with E-state index in [0.717, 1.165) is 22.9 Å². The summed E-state index contributed by atoms with van der Waals surface area (Å²) in [7, 11) is 0. The number of aryl methyl sites for hydroxylation is 1. The molecule has 0 saturated carbocycles. The minimum absolute atomic E-state index is 0.0966. The van der Waals surface area contributed by atoms with Crippen LogP contribution in [0.25, 0.3) is 11.7 Å². The van der Waals surface area contributed by atoms with E-state index >= 15 is 0 Å². The van der Waals surface area contributed by atoms with Gasteiger partial charge in [0, 0.05) is 6.20 Å². The van der Waals surface area contributed by atoms with Gasteiger partial charge in [0.15, 0.2) is 0 Å². The molecule has 1 fully saturated rings. The molecular formula is C26H18FN3O3S2. The van der Waals surface area contributed by atoms with Gasteiger partial charge in [0.05, 0.1) is 11.4 Å². The standard InChI is InChI=1S/C26H18FN3O3S2/c1-16-6-2-3-7-20(16)33-23-19(24(31)29-13-5-4-8-22(29)28-23)14-21-25(32)30(26(34)35-21)15-17-9-11-18(27)12-10-17/h2-14H,15H2,1H3/b21-14+. The Morgan fingerprint density at radius 1 is 1.06 bits per heavy atom. The van der Waals surface area contributed by atoms with Gasteiger partial charge in [-0.2, -0.15) is 4.98 Å². The number of halogens is 1. The van der Waals surface area contributed by atoms with Crippen LogP contribution in [0.2, 0.25) is 0 Å². The lowest BCUT2D eigenvalue weighted by Gasteiger charge is -2.14. The number of nitrogens with zero attached hydrogens (tertiary/aromatic N) is 3. The van der Waals surface area contributed by atoms with Gasteiger partial charge in [0.2, 0.25) is 5.88 Å². The summed E-state index contributed by atoms with van der Waals surface area (Å²) in [6, 6.07) is 18.5. The second-order valence-corrected chi connectivity index (χ2v) is 9.50. The van der Waals surface area contributed by atoms with E-state index in [1.165, 1.54) is 27.5 Å². The maximum Gasteiger partial charge on any atom is 0.269 e. The summed E-state index contributed by atoms with van der Waals surface area (Å²) >= 11 is 6.52. The van der Waals surface area contributed by atoms with Crippen LogP contribution in [-0.2, 0) is 11.3 Å². The Hall–Kier alpha value is -3.82. The molecule has 1 saturated heterocycles. The van der Waals surface area contributed by atoms with Gasteiger partial charge in [-0.15, -0.1) is 0 Å². The number of thiocarbonyl (C=S) groups is 1. The van der Waals surface area contributed by atoms with E-state index in [9.17, 15) is 14.0 Å². The molecule has 174 valence electrons. The predicted molar refractivity (Wildman–Crippen MR) is 138 cm³/mol. The highest BCUT2D eigenvalue weighted by molar-refractivity contribution is 8.26. The molecule has 0 spiro atoms. The number of hydrogen-bond donors (Lipinski definition) is 0. The molecule has 0 unspecified atom stereocenters. The van der Waals surface area contributed by atoms with Crippen LogP contribution in [0.15, 0.2) is 82.6 Å². The van der Waals surface area contributed by atoms with Gasteiger partial charge in [-0.25, -0.2) is 4.39 Å². The molecule has 4 aromatic rings. The Morgan fingerprint density at radius 2 is 1.80 bits per heavy atom. The van der Waals surface area contributed by atoms with Crippen molar-refractivity contribution in [3.63, 3.8) is 0 Å². The molecule has 2 aromatic carbocycles. The Kier molecular flexibility index (Phi) is 6.19. The molecule has 5 rings (SSSR count). The van der Waals surface area contributed by atoms with Crippen molar-refractivity contribution in [2.24, 2.45) is 0 Å². The van der Waals surface area contributed by atoms with Crippen LogP contribution in [0, 0.1) is 12.7 Å². The van der Waals surface area contributed by atoms with Crippen LogP contribution >= 0.6 is 24.0 Å². The normalized spacial score (nSPS) is 14.8. The Balaban J connectivity index is 1.56. The first-order chi connectivity index (χ1) is 16.9. The molecule has 1 aliphatic heterocycles. The van der Waals surface area contributed by atoms with Crippen molar-refractivity contribution < 1.29 is 13.9 Å². The Morgan fingerprint density at radius 3 is 2.57 bits per heavy atom. The van der Waals surface area contributed by atoms with Gasteiger partial charge in [0.25, 0.3) is 11.5 Å². The molecule has 1 aliphatic rings. The third-order valence-corrected chi connectivity index (χ3v) is 6.82. The van der Waals surface area contributed by atoms with E-state index in [-0.39, 0.29) is 40.2 Å². The first-order valence-electron chi connectivity index (χ1n) is 10.7. The van der Waals surface area contributed by atoms with Crippen LogP contribution in [0.1, 0.15) is 16.7 Å². The van der Waals surface area contributed by atoms with Crippen molar-refractivity contribution in [2.45, 2.75) is 13.5 Å². The van der Waals surface area contributed by atoms with E-state index in [1.54, 1.807) is 42.6 Å². The molecule has 0 aliphatic carbocycles. The molecular weight excluding hydrogens is 485 g/mol. The number of pyridine rings is 1. The summed E-state index contributed by atoms with van der Waals surface area (Å²) in [5.41, 5.74) is 1.79. The van der Waals surface area contributed by atoms with Crippen molar-refractivity contribution in [1.82, 2.24) is 14.3 Å². The molecule has 0 bridgehead atoms. The number of amides is 1. The first kappa shape index (κ1) is 22.9. The largest absolute Gasteiger partial charge is 0.438 e. The fraction of sp³-hybridized carbons (Fsp3) is 0.0769. The second kappa shape index (κ2) is 9.44. The fourth-order valence-corrected chi connectivity index (χ4v) is 4.84. The van der Waals surface area contributed by atoms with Crippen LogP contribution in [0.3, 0.4) is 0 Å². The first-order valence-corrected chi connectivity index (χ1v) is 11.9. The lowest BCUT2D eigenvalue weighted by Crippen LogP contribution is -2.27. The van der Waals surface area contributed by atoms with E-state index in [2.05, 4.69) is 4.98 Å². The number of fused-ring (bicyclic) bond motifs is 1. The summed E-state index contributed by atoms with van der Waals surface area (Å²) in [6.45, 7) is 2.09. The quantitative estimate of drug-likeness (QED) is 0.271. The third kappa shape index (κ3) is 4.60. The SMILES string of the molecule is Cc1ccccc1Oc1nc2ccccn2c(=O)c1/C=C1/SC(=S)N(Cc2ccc(F)cc2)C1=O. The van der Waals surface area contributed by atoms with Gasteiger partial charge >= 0.3 is 0 Å². The van der Waals surface area contributed by atoms with Crippen molar-refractivity contribution in [3.05, 3.63) is 111 Å². The molecule has 3 heterocycles. The molecule has 2 aromatic heterocycles. The number of hydrogen-bond acceptors (Lipinski definition) is 6. The lowest BCUT2D eigenvalue weighted by molar-refractivity contribution is -0.122. The van der Waals surface area contributed by atoms with E-state index in [1.807, 2.05) is 25.1 Å². The molecule has 0 N–H and O–H groups in total. The number of ether oxygens (including phenoxy) is 1. The molecule has 35 heavy (non-hydrogen) atoms. The van der Waals surface area contributed by atoms with Gasteiger partial charge < -0.3 is 4.74 Å². The number of benzene rings is 2. The van der Waals surface area contributed by atoms with Crippen LogP contribution < -0.4 is 10.3 Å². The molecule has 0 radical (unpaired) electrons. The summed E-state index contributed by atoms with van der Waals surface area (Å²) in [5, 5.41) is 0. The minimum Gasteiger partial charge on any atom is -0.438 e. The second-order valence-electron chi connectivity index (χ2n) is 7.83. The maximum absolute atomic E-state index is 13.4. The topological polar surface area (TPSA) is 63.9 Å². The fourth-order valence-electron chi connectivity index (χ4n) is 3.60. The number of carbonyl (C=O) groups is 1. The number of aromatic nitrogens is 2. The number of rotatable bonds is 5. The number of para-hydroxylation sites is 1. The molecule has 1 amide bonds. The smallest absolute Gasteiger partial charge is 0.269 e. The van der Waals surface area contributed by atoms with Crippen LogP contribution in [0.5, 0.6) is 11.6 Å². The zero-order chi connectivity index (χ0) is 24.5. The summed E-state index contributed by atoms with van der Waals surface area (Å²) in [4.78, 5) is 32.8. The lowest BCUT2D eigenvalue weighted by atomic mass is 10.2. The highest BCUT2D eigenvalue weighted by Crippen LogP contribution is 2.35. The molecule has 0 atom stereocenters. The highest BCUT2D eigenvalue weighted by atomic mass is 32.2. The van der Waals surface area contributed by atoms with E-state index < -0.39 is 0 Å². The van der Waals surface area contributed by atoms with Crippen molar-refractivity contribution in [3.8, 4) is 11.6 Å². The monoisotopic (exact) mass is 503 g/mol. The van der Waals surface area contributed by atoms with Crippen molar-refractivity contribution >= 4 is 45.9 Å². The number of carbonyl (C=O) groups excluding carboxylic acids is 1. The van der Waals surface area contributed by atoms with Gasteiger partial charge in [-0.3, -0.25) is 18.9 Å². The Bertz CT molecular complexity index is 1560. The molecule has 6 nitrogen and oxygen atoms in total. The predicted octanol–water partition coefficient (Wildman–Crippen LogP) is 5.34. The average Bonchev–Trinajstić information content (AvgIpc) is 3.11. The van der Waals surface area contributed by atoms with Crippen LogP contribution in [-0.4, -0.2) is 24.5 Å². The summed E-state index contributed by atoms with van der Waals surface area (Å²) < 4.78 is 21.1. The van der Waals surface area contributed by atoms with Crippen LogP contribution in [0.4, 0.5) is 4.39 Å². The zero-order valence-electron chi connectivity index (χ0n) is 18.5. The summed E-state index contributed by atoms with van der Waals surface area (Å²) in [5.74, 6) is -0.0503. The summed E-state index contributed by atoms with van der Waals surface area (Å²) in [6.07, 6.45) is 3.09. The van der Waals surface area contributed by atoms with Gasteiger partial charge in [-0.1, -0.05) is 60.4 Å². The molecule has 9 heteroatoms. The average molecular weight is 504 g/mol. The van der Waals surface area contributed by atoms with E-state index in [4.69, 9.17) is 17.0 Å². The number of thioether (sulfide) groups is 1. The van der Waals surface area contributed by atoms with Gasteiger partial charge in [-0.05, 0) is 54.5 Å². The van der Waals surface area contributed by atoms with Crippen molar-refractivity contribution in [1.29, 1.82) is 0 Å². The van der Waals surface area contributed by atoms with Gasteiger partial charge in [0.1, 0.15) is 27.1 Å². The highest BCUT2D eigenvalue weighted by Gasteiger charge is 2.33. The third-order valence-electron chi connectivity index (χ3n) is 5.44. The minimum atomic E-state index is -0.372. The Labute approximate surface area is 209 Å². The van der Waals surface area contributed by atoms with Crippen molar-refractivity contribution in [2.75, 3.05) is 0 Å². The zero-order valence-corrected chi connectivity index (χ0v) is 20.1. The van der Waals surface area contributed by atoms with E-state index in [0.29, 0.717) is 15.7 Å².